The average Bonchev–Trinajstić information content (AvgIpc) is 2.84. The van der Waals surface area contributed by atoms with E-state index in [2.05, 4.69) is 59.9 Å². The van der Waals surface area contributed by atoms with Crippen LogP contribution in [0.1, 0.15) is 54.7 Å². The Bertz CT molecular complexity index is 935. The van der Waals surface area contributed by atoms with Crippen LogP contribution >= 0.6 is 0 Å². The van der Waals surface area contributed by atoms with Gasteiger partial charge in [-0.1, -0.05) is 72.8 Å². The molecule has 1 saturated heterocycles. The molecular formula is C28H33NO2. The van der Waals surface area contributed by atoms with E-state index >= 15 is 0 Å². The maximum Gasteiger partial charge on any atom is 0.0758 e. The van der Waals surface area contributed by atoms with E-state index in [0.717, 1.165) is 31.5 Å². The second kappa shape index (κ2) is 10.7. The monoisotopic (exact) mass is 415 g/mol. The van der Waals surface area contributed by atoms with Crippen molar-refractivity contribution in [2.24, 2.45) is 0 Å². The minimum atomic E-state index is -0.412. The molecule has 0 amide bonds. The normalized spacial score (nSPS) is 20.3. The fourth-order valence-corrected chi connectivity index (χ4v) is 4.70. The molecule has 1 unspecified atom stereocenters. The Balaban J connectivity index is 1.78. The van der Waals surface area contributed by atoms with E-state index in [0.29, 0.717) is 12.3 Å². The third kappa shape index (κ3) is 5.43. The molecule has 0 spiro atoms. The maximum absolute atomic E-state index is 9.97. The van der Waals surface area contributed by atoms with Crippen LogP contribution in [0.4, 0.5) is 0 Å². The summed E-state index contributed by atoms with van der Waals surface area (Å²) >= 11 is 0. The largest absolute Gasteiger partial charge is 0.396 e. The van der Waals surface area contributed by atoms with E-state index < -0.39 is 6.10 Å². The molecule has 1 aliphatic heterocycles. The third-order valence-corrected chi connectivity index (χ3v) is 6.38. The first-order valence-electron chi connectivity index (χ1n) is 11.5. The fourth-order valence-electron chi connectivity index (χ4n) is 4.70. The summed E-state index contributed by atoms with van der Waals surface area (Å²) in [6, 6.07) is 19.6. The Hall–Kier alpha value is -2.46. The van der Waals surface area contributed by atoms with Crippen molar-refractivity contribution < 1.29 is 10.2 Å². The van der Waals surface area contributed by atoms with Gasteiger partial charge in [-0.3, -0.25) is 0 Å². The molecule has 1 aliphatic carbocycles. The Kier molecular flexibility index (Phi) is 7.52. The number of hydrogen-bond donors (Lipinski definition) is 3. The van der Waals surface area contributed by atoms with E-state index in [9.17, 15) is 10.2 Å². The lowest BCUT2D eigenvalue weighted by Crippen LogP contribution is -2.26. The van der Waals surface area contributed by atoms with E-state index in [-0.39, 0.29) is 6.61 Å². The van der Waals surface area contributed by atoms with Gasteiger partial charge in [-0.05, 0) is 84.5 Å². The van der Waals surface area contributed by atoms with Crippen molar-refractivity contribution in [2.75, 3.05) is 19.7 Å². The second-order valence-electron chi connectivity index (χ2n) is 8.51. The highest BCUT2D eigenvalue weighted by Gasteiger charge is 2.19. The zero-order valence-electron chi connectivity index (χ0n) is 18.1. The molecule has 3 nitrogen and oxygen atoms in total. The molecule has 0 saturated carbocycles. The molecule has 31 heavy (non-hydrogen) atoms. The van der Waals surface area contributed by atoms with Crippen molar-refractivity contribution in [3.8, 4) is 0 Å². The number of benzene rings is 2. The molecular weight excluding hydrogens is 382 g/mol. The first kappa shape index (κ1) is 21.8. The number of nitrogens with one attached hydrogen (secondary N) is 1. The van der Waals surface area contributed by atoms with Crippen molar-refractivity contribution in [1.82, 2.24) is 5.32 Å². The van der Waals surface area contributed by atoms with Gasteiger partial charge in [0.05, 0.1) is 6.10 Å². The van der Waals surface area contributed by atoms with Crippen LogP contribution in [0.2, 0.25) is 0 Å². The fraction of sp³-hybridized carbons (Fsp3) is 0.357. The highest BCUT2D eigenvalue weighted by Crippen LogP contribution is 2.38. The Morgan fingerprint density at radius 2 is 1.68 bits per heavy atom. The van der Waals surface area contributed by atoms with Crippen LogP contribution in [-0.2, 0) is 0 Å². The number of aliphatic hydroxyl groups excluding tert-OH is 2. The van der Waals surface area contributed by atoms with Crippen LogP contribution in [0.5, 0.6) is 0 Å². The molecule has 2 aliphatic rings. The van der Waals surface area contributed by atoms with Crippen molar-refractivity contribution in [2.45, 2.75) is 44.1 Å². The third-order valence-electron chi connectivity index (χ3n) is 6.38. The summed E-state index contributed by atoms with van der Waals surface area (Å²) in [5, 5.41) is 23.0. The molecule has 1 atom stereocenters. The number of hydrogen-bond acceptors (Lipinski definition) is 3. The Morgan fingerprint density at radius 1 is 0.935 bits per heavy atom. The molecule has 1 fully saturated rings. The molecule has 3 heteroatoms. The molecule has 4 rings (SSSR count). The molecule has 0 aromatic heterocycles. The van der Waals surface area contributed by atoms with Gasteiger partial charge in [-0.25, -0.2) is 0 Å². The molecule has 0 radical (unpaired) electrons. The Morgan fingerprint density at radius 3 is 2.32 bits per heavy atom. The van der Waals surface area contributed by atoms with Gasteiger partial charge in [0.1, 0.15) is 0 Å². The SMILES string of the molecule is OCCC/C(=C(\C1=CCC(O)C=C1)c1ccc(C2CCNCC2)cc1)c1ccccc1. The van der Waals surface area contributed by atoms with E-state index in [1.807, 2.05) is 18.2 Å². The van der Waals surface area contributed by atoms with Crippen LogP contribution in [0.3, 0.4) is 0 Å². The van der Waals surface area contributed by atoms with Crippen LogP contribution in [0.25, 0.3) is 11.1 Å². The lowest BCUT2D eigenvalue weighted by Gasteiger charge is -2.24. The summed E-state index contributed by atoms with van der Waals surface area (Å²) in [7, 11) is 0. The summed E-state index contributed by atoms with van der Waals surface area (Å²) < 4.78 is 0. The van der Waals surface area contributed by atoms with Gasteiger partial charge in [0.2, 0.25) is 0 Å². The summed E-state index contributed by atoms with van der Waals surface area (Å²) in [5.41, 5.74) is 7.41. The highest BCUT2D eigenvalue weighted by molar-refractivity contribution is 5.99. The summed E-state index contributed by atoms with van der Waals surface area (Å²) in [6.07, 6.45) is 10.2. The first-order chi connectivity index (χ1) is 15.3. The zero-order chi connectivity index (χ0) is 21.5. The van der Waals surface area contributed by atoms with Gasteiger partial charge in [-0.2, -0.15) is 0 Å². The summed E-state index contributed by atoms with van der Waals surface area (Å²) in [5.74, 6) is 0.634. The number of piperidine rings is 1. The molecule has 162 valence electrons. The van der Waals surface area contributed by atoms with Crippen molar-refractivity contribution in [3.63, 3.8) is 0 Å². The average molecular weight is 416 g/mol. The summed E-state index contributed by atoms with van der Waals surface area (Å²) in [6.45, 7) is 2.36. The number of allylic oxidation sites excluding steroid dienone is 4. The van der Waals surface area contributed by atoms with Gasteiger partial charge >= 0.3 is 0 Å². The highest BCUT2D eigenvalue weighted by atomic mass is 16.3. The lowest BCUT2D eigenvalue weighted by molar-refractivity contribution is 0.225. The van der Waals surface area contributed by atoms with Crippen LogP contribution in [0, 0.1) is 0 Å². The predicted molar refractivity (Wildman–Crippen MR) is 129 cm³/mol. The minimum Gasteiger partial charge on any atom is -0.396 e. The topological polar surface area (TPSA) is 52.5 Å². The molecule has 3 N–H and O–H groups in total. The molecule has 1 heterocycles. The molecule has 2 aromatic rings. The van der Waals surface area contributed by atoms with Gasteiger partial charge in [-0.15, -0.1) is 0 Å². The van der Waals surface area contributed by atoms with Gasteiger partial charge in [0, 0.05) is 6.61 Å². The van der Waals surface area contributed by atoms with Crippen LogP contribution < -0.4 is 5.32 Å². The predicted octanol–water partition coefficient (Wildman–Crippen LogP) is 5.08. The second-order valence-corrected chi connectivity index (χ2v) is 8.51. The number of rotatable bonds is 7. The van der Waals surface area contributed by atoms with Crippen molar-refractivity contribution >= 4 is 11.1 Å². The molecule has 0 bridgehead atoms. The maximum atomic E-state index is 9.97. The Labute approximate surface area is 185 Å². The van der Waals surface area contributed by atoms with E-state index in [1.165, 1.54) is 40.7 Å². The van der Waals surface area contributed by atoms with Crippen molar-refractivity contribution in [1.29, 1.82) is 0 Å². The number of aliphatic hydroxyl groups is 2. The minimum absolute atomic E-state index is 0.172. The lowest BCUT2D eigenvalue weighted by atomic mass is 9.83. The zero-order valence-corrected chi connectivity index (χ0v) is 18.1. The van der Waals surface area contributed by atoms with E-state index in [1.54, 1.807) is 0 Å². The summed E-state index contributed by atoms with van der Waals surface area (Å²) in [4.78, 5) is 0. The first-order valence-corrected chi connectivity index (χ1v) is 11.5. The van der Waals surface area contributed by atoms with Gasteiger partial charge in [0.15, 0.2) is 0 Å². The smallest absolute Gasteiger partial charge is 0.0758 e. The molecule has 2 aromatic carbocycles. The standard InChI is InChI=1S/C28H33NO2/c30-20-4-7-27(23-5-2-1-3-6-23)28(25-12-14-26(31)15-13-25)24-10-8-21(9-11-24)22-16-18-29-19-17-22/h1-3,5-6,8-14,22,26,29-31H,4,7,15-20H2/b28-27+. The van der Waals surface area contributed by atoms with E-state index in [4.69, 9.17) is 0 Å². The van der Waals surface area contributed by atoms with Crippen molar-refractivity contribution in [3.05, 3.63) is 95.1 Å². The van der Waals surface area contributed by atoms with Crippen LogP contribution in [0.15, 0.2) is 78.4 Å². The van der Waals surface area contributed by atoms with Gasteiger partial charge < -0.3 is 15.5 Å². The van der Waals surface area contributed by atoms with Crippen LogP contribution in [-0.4, -0.2) is 36.0 Å². The quantitative estimate of drug-likeness (QED) is 0.553. The van der Waals surface area contributed by atoms with Gasteiger partial charge in [0.25, 0.3) is 0 Å².